The Morgan fingerprint density at radius 2 is 1.73 bits per heavy atom. The highest BCUT2D eigenvalue weighted by atomic mass is 16.2. The number of nitrogens with one attached hydrogen (secondary N) is 2. The maximum atomic E-state index is 13.9. The molecule has 1 aliphatic heterocycles. The number of amides is 1. The molecule has 1 amide bonds. The van der Waals surface area contributed by atoms with Crippen molar-refractivity contribution in [3.05, 3.63) is 107 Å². The smallest absolute Gasteiger partial charge is 0.219 e. The monoisotopic (exact) mass is 493 g/mol. The number of piperidine rings is 1. The fourth-order valence-corrected chi connectivity index (χ4v) is 5.41. The number of nitrogens with zero attached hydrogens (tertiary/aromatic N) is 1. The van der Waals surface area contributed by atoms with E-state index in [4.69, 9.17) is 0 Å². The maximum absolute atomic E-state index is 13.9. The molecule has 0 saturated carbocycles. The molecule has 0 radical (unpaired) electrons. The Balaban J connectivity index is 1.34. The van der Waals surface area contributed by atoms with Crippen LogP contribution in [0.2, 0.25) is 0 Å². The van der Waals surface area contributed by atoms with Crippen LogP contribution in [0.3, 0.4) is 0 Å². The van der Waals surface area contributed by atoms with Crippen LogP contribution in [0, 0.1) is 6.92 Å². The number of likely N-dealkylation sites (tertiary alicyclic amines) is 1. The molecule has 0 bridgehead atoms. The third-order valence-electron chi connectivity index (χ3n) is 7.66. The highest BCUT2D eigenvalue weighted by Gasteiger charge is 2.26. The van der Waals surface area contributed by atoms with Crippen LogP contribution in [-0.4, -0.2) is 41.2 Å². The molecular weight excluding hydrogens is 458 g/mol. The minimum absolute atomic E-state index is 0.0730. The van der Waals surface area contributed by atoms with Crippen LogP contribution in [0.25, 0.3) is 10.9 Å². The number of rotatable bonds is 8. The van der Waals surface area contributed by atoms with Crippen molar-refractivity contribution >= 4 is 22.6 Å². The molecule has 1 aromatic heterocycles. The molecule has 1 fully saturated rings. The van der Waals surface area contributed by atoms with E-state index in [-0.39, 0.29) is 11.7 Å². The number of aryl methyl sites for hydroxylation is 1. The average Bonchev–Trinajstić information content (AvgIpc) is 3.36. The fourth-order valence-electron chi connectivity index (χ4n) is 5.41. The van der Waals surface area contributed by atoms with E-state index in [0.29, 0.717) is 18.0 Å². The molecular formula is C32H35N3O2. The lowest BCUT2D eigenvalue weighted by Crippen LogP contribution is -2.36. The number of aromatic amines is 1. The molecule has 5 rings (SSSR count). The third-order valence-corrected chi connectivity index (χ3v) is 7.66. The molecule has 190 valence electrons. The van der Waals surface area contributed by atoms with Gasteiger partial charge in [0.25, 0.3) is 0 Å². The van der Waals surface area contributed by atoms with Crippen molar-refractivity contribution in [1.82, 2.24) is 15.2 Å². The summed E-state index contributed by atoms with van der Waals surface area (Å²) in [5, 5.41) is 4.49. The third kappa shape index (κ3) is 5.67. The average molecular weight is 494 g/mol. The predicted molar refractivity (Wildman–Crippen MR) is 149 cm³/mol. The van der Waals surface area contributed by atoms with Crippen LogP contribution >= 0.6 is 0 Å². The van der Waals surface area contributed by atoms with Crippen LogP contribution in [0.1, 0.15) is 64.3 Å². The van der Waals surface area contributed by atoms with Crippen molar-refractivity contribution in [2.24, 2.45) is 0 Å². The molecule has 5 heteroatoms. The summed E-state index contributed by atoms with van der Waals surface area (Å²) in [5.74, 6) is 0.661. The number of ketones is 1. The Morgan fingerprint density at radius 3 is 2.43 bits per heavy atom. The summed E-state index contributed by atoms with van der Waals surface area (Å²) in [6, 6.07) is 24.5. The molecule has 1 aliphatic rings. The zero-order chi connectivity index (χ0) is 25.8. The summed E-state index contributed by atoms with van der Waals surface area (Å²) in [5.41, 5.74) is 6.45. The zero-order valence-electron chi connectivity index (χ0n) is 21.7. The molecule has 3 aromatic carbocycles. The quantitative estimate of drug-likeness (QED) is 0.298. The van der Waals surface area contributed by atoms with Gasteiger partial charge in [-0.2, -0.15) is 0 Å². The summed E-state index contributed by atoms with van der Waals surface area (Å²) in [6.45, 7) is 6.05. The van der Waals surface area contributed by atoms with Gasteiger partial charge in [0.1, 0.15) is 0 Å². The number of hydrogen-bond donors (Lipinski definition) is 2. The van der Waals surface area contributed by atoms with Crippen molar-refractivity contribution < 1.29 is 9.59 Å². The van der Waals surface area contributed by atoms with Gasteiger partial charge in [0, 0.05) is 49.2 Å². The minimum Gasteiger partial charge on any atom is -0.360 e. The summed E-state index contributed by atoms with van der Waals surface area (Å²) >= 11 is 0. The van der Waals surface area contributed by atoms with E-state index in [1.54, 1.807) is 6.92 Å². The van der Waals surface area contributed by atoms with Crippen LogP contribution in [0.5, 0.6) is 0 Å². The van der Waals surface area contributed by atoms with Gasteiger partial charge in [0.2, 0.25) is 5.91 Å². The van der Waals surface area contributed by atoms with Crippen LogP contribution < -0.4 is 5.32 Å². The van der Waals surface area contributed by atoms with Gasteiger partial charge in [-0.15, -0.1) is 0 Å². The SMILES string of the molecule is CC(=O)N1CCC(c2ccc3c(C(=O)[C@@H](NCCc4ccc(C)cc4)c4ccccc4)c[nH]c3c2)CC1. The summed E-state index contributed by atoms with van der Waals surface area (Å²) in [6.07, 6.45) is 4.65. The molecule has 1 atom stereocenters. The fraction of sp³-hybridized carbons (Fsp3) is 0.312. The van der Waals surface area contributed by atoms with Crippen molar-refractivity contribution in [1.29, 1.82) is 0 Å². The molecule has 2 N–H and O–H groups in total. The Bertz CT molecular complexity index is 1370. The molecule has 5 nitrogen and oxygen atoms in total. The van der Waals surface area contributed by atoms with E-state index < -0.39 is 6.04 Å². The Hall–Kier alpha value is -3.70. The summed E-state index contributed by atoms with van der Waals surface area (Å²) in [7, 11) is 0. The number of aromatic nitrogens is 1. The number of carbonyl (C=O) groups is 2. The van der Waals surface area contributed by atoms with Crippen molar-refractivity contribution in [3.8, 4) is 0 Å². The first-order valence-electron chi connectivity index (χ1n) is 13.2. The number of H-pyrrole nitrogens is 1. The van der Waals surface area contributed by atoms with Crippen molar-refractivity contribution in [2.45, 2.75) is 45.1 Å². The number of carbonyl (C=O) groups excluding carboxylic acids is 2. The van der Waals surface area contributed by atoms with Gasteiger partial charge in [-0.25, -0.2) is 0 Å². The molecule has 0 aliphatic carbocycles. The molecule has 2 heterocycles. The van der Waals surface area contributed by atoms with E-state index in [1.807, 2.05) is 41.4 Å². The van der Waals surface area contributed by atoms with E-state index in [1.165, 1.54) is 16.7 Å². The van der Waals surface area contributed by atoms with E-state index in [9.17, 15) is 9.59 Å². The number of fused-ring (bicyclic) bond motifs is 1. The Kier molecular flexibility index (Phi) is 7.52. The van der Waals surface area contributed by atoms with Crippen molar-refractivity contribution in [2.75, 3.05) is 19.6 Å². The molecule has 0 spiro atoms. The van der Waals surface area contributed by atoms with E-state index >= 15 is 0 Å². The van der Waals surface area contributed by atoms with Gasteiger partial charge in [-0.1, -0.05) is 72.3 Å². The summed E-state index contributed by atoms with van der Waals surface area (Å²) < 4.78 is 0. The second-order valence-corrected chi connectivity index (χ2v) is 10.2. The normalized spacial score (nSPS) is 15.1. The second kappa shape index (κ2) is 11.1. The lowest BCUT2D eigenvalue weighted by molar-refractivity contribution is -0.129. The van der Waals surface area contributed by atoms with Gasteiger partial charge in [0.15, 0.2) is 5.78 Å². The first-order chi connectivity index (χ1) is 18.0. The molecule has 0 unspecified atom stereocenters. The minimum atomic E-state index is -0.416. The molecule has 37 heavy (non-hydrogen) atoms. The highest BCUT2D eigenvalue weighted by molar-refractivity contribution is 6.10. The van der Waals surface area contributed by atoms with Crippen LogP contribution in [-0.2, 0) is 11.2 Å². The molecule has 4 aromatic rings. The maximum Gasteiger partial charge on any atom is 0.219 e. The van der Waals surface area contributed by atoms with Crippen molar-refractivity contribution in [3.63, 3.8) is 0 Å². The van der Waals surface area contributed by atoms with E-state index in [2.05, 4.69) is 59.7 Å². The highest BCUT2D eigenvalue weighted by Crippen LogP contribution is 2.32. The van der Waals surface area contributed by atoms with E-state index in [0.717, 1.165) is 48.8 Å². The summed E-state index contributed by atoms with van der Waals surface area (Å²) in [4.78, 5) is 30.8. The number of benzene rings is 3. The number of Topliss-reactive ketones (excluding diaryl/α,β-unsaturated/α-hetero) is 1. The topological polar surface area (TPSA) is 65.2 Å². The largest absolute Gasteiger partial charge is 0.360 e. The van der Waals surface area contributed by atoms with Crippen LogP contribution in [0.4, 0.5) is 0 Å². The first-order valence-corrected chi connectivity index (χ1v) is 13.2. The van der Waals surface area contributed by atoms with Gasteiger partial charge >= 0.3 is 0 Å². The zero-order valence-corrected chi connectivity index (χ0v) is 21.7. The lowest BCUT2D eigenvalue weighted by atomic mass is 9.88. The predicted octanol–water partition coefficient (Wildman–Crippen LogP) is 5.96. The standard InChI is InChI=1S/C32H35N3O2/c1-22-8-10-24(11-9-22)14-17-33-31(26-6-4-3-5-7-26)32(37)29-21-34-30-20-27(12-13-28(29)30)25-15-18-35(19-16-25)23(2)36/h3-13,20-21,25,31,33-34H,14-19H2,1-2H3/t31-/m0/s1. The van der Waals surface area contributed by atoms with Crippen LogP contribution in [0.15, 0.2) is 79.0 Å². The van der Waals surface area contributed by atoms with Gasteiger partial charge in [-0.05, 0) is 54.9 Å². The van der Waals surface area contributed by atoms with Gasteiger partial charge in [0.05, 0.1) is 6.04 Å². The van der Waals surface area contributed by atoms with Gasteiger partial charge < -0.3 is 15.2 Å². The Labute approximate surface area is 218 Å². The second-order valence-electron chi connectivity index (χ2n) is 10.2. The Morgan fingerprint density at radius 1 is 1.00 bits per heavy atom. The first kappa shape index (κ1) is 25.0. The van der Waals surface area contributed by atoms with Gasteiger partial charge in [-0.3, -0.25) is 9.59 Å². The lowest BCUT2D eigenvalue weighted by Gasteiger charge is -2.31. The molecule has 1 saturated heterocycles. The number of hydrogen-bond acceptors (Lipinski definition) is 3.